The SMILES string of the molecule is COc1ccc(O)c(C=NNC(=S)Nc2ccccc2)c1. The third kappa shape index (κ3) is 4.47. The van der Waals surface area contributed by atoms with Crippen LogP contribution in [0.2, 0.25) is 0 Å². The Balaban J connectivity index is 1.94. The fourth-order valence-electron chi connectivity index (χ4n) is 1.60. The Morgan fingerprint density at radius 3 is 2.71 bits per heavy atom. The minimum atomic E-state index is 0.114. The molecule has 0 atom stereocenters. The van der Waals surface area contributed by atoms with Crippen molar-refractivity contribution in [1.82, 2.24) is 5.43 Å². The lowest BCUT2D eigenvalue weighted by molar-refractivity contribution is 0.412. The van der Waals surface area contributed by atoms with Crippen LogP contribution in [0.5, 0.6) is 11.5 Å². The van der Waals surface area contributed by atoms with Gasteiger partial charge in [-0.15, -0.1) is 0 Å². The topological polar surface area (TPSA) is 65.9 Å². The van der Waals surface area contributed by atoms with E-state index in [1.165, 1.54) is 6.21 Å². The zero-order valence-electron chi connectivity index (χ0n) is 11.4. The highest BCUT2D eigenvalue weighted by Crippen LogP contribution is 2.20. The molecule has 0 saturated heterocycles. The second-order valence-electron chi connectivity index (χ2n) is 4.11. The molecule has 3 N–H and O–H groups in total. The average molecular weight is 301 g/mol. The number of phenolic OH excluding ortho intramolecular Hbond substituents is 1. The van der Waals surface area contributed by atoms with Crippen molar-refractivity contribution in [3.63, 3.8) is 0 Å². The standard InChI is InChI=1S/C15H15N3O2S/c1-20-13-7-8-14(19)11(9-13)10-16-18-15(21)17-12-5-3-2-4-6-12/h2-10,19H,1H3,(H2,17,18,21). The van der Waals surface area contributed by atoms with Gasteiger partial charge in [0, 0.05) is 11.3 Å². The number of methoxy groups -OCH3 is 1. The number of nitrogens with one attached hydrogen (secondary N) is 2. The molecule has 0 saturated carbocycles. The van der Waals surface area contributed by atoms with Crippen LogP contribution in [0, 0.1) is 0 Å². The molecule has 0 aliphatic carbocycles. The fraction of sp³-hybridized carbons (Fsp3) is 0.0667. The summed E-state index contributed by atoms with van der Waals surface area (Å²) in [6.07, 6.45) is 1.47. The van der Waals surface area contributed by atoms with Crippen LogP contribution in [0.1, 0.15) is 5.56 Å². The molecule has 0 bridgehead atoms. The predicted octanol–water partition coefficient (Wildman–Crippen LogP) is 2.72. The third-order valence-corrected chi connectivity index (χ3v) is 2.83. The quantitative estimate of drug-likeness (QED) is 0.460. The molecule has 0 spiro atoms. The van der Waals surface area contributed by atoms with E-state index in [2.05, 4.69) is 15.8 Å². The zero-order chi connectivity index (χ0) is 15.1. The van der Waals surface area contributed by atoms with Crippen molar-refractivity contribution >= 4 is 29.2 Å². The highest BCUT2D eigenvalue weighted by molar-refractivity contribution is 7.80. The van der Waals surface area contributed by atoms with Crippen molar-refractivity contribution in [3.05, 3.63) is 54.1 Å². The van der Waals surface area contributed by atoms with Gasteiger partial charge in [0.05, 0.1) is 13.3 Å². The van der Waals surface area contributed by atoms with Gasteiger partial charge in [-0.2, -0.15) is 5.10 Å². The Morgan fingerprint density at radius 2 is 2.00 bits per heavy atom. The second kappa shape index (κ2) is 7.25. The highest BCUT2D eigenvalue weighted by Gasteiger charge is 2.00. The Kier molecular flexibility index (Phi) is 5.11. The first-order valence-corrected chi connectivity index (χ1v) is 6.62. The molecule has 0 heterocycles. The van der Waals surface area contributed by atoms with Gasteiger partial charge in [-0.25, -0.2) is 0 Å². The number of hydrogen-bond acceptors (Lipinski definition) is 4. The van der Waals surface area contributed by atoms with E-state index < -0.39 is 0 Å². The molecule has 2 aromatic rings. The van der Waals surface area contributed by atoms with E-state index >= 15 is 0 Å². The molecule has 5 nitrogen and oxygen atoms in total. The van der Waals surface area contributed by atoms with E-state index in [0.29, 0.717) is 16.4 Å². The number of anilines is 1. The zero-order valence-corrected chi connectivity index (χ0v) is 12.2. The fourth-order valence-corrected chi connectivity index (χ4v) is 1.77. The Morgan fingerprint density at radius 1 is 1.24 bits per heavy atom. The molecule has 6 heteroatoms. The number of nitrogens with zero attached hydrogens (tertiary/aromatic N) is 1. The number of benzene rings is 2. The van der Waals surface area contributed by atoms with Gasteiger partial charge < -0.3 is 15.2 Å². The summed E-state index contributed by atoms with van der Waals surface area (Å²) >= 11 is 5.11. The lowest BCUT2D eigenvalue weighted by Gasteiger charge is -2.06. The summed E-state index contributed by atoms with van der Waals surface area (Å²) in [7, 11) is 1.56. The van der Waals surface area contributed by atoms with Crippen LogP contribution in [0.3, 0.4) is 0 Å². The van der Waals surface area contributed by atoms with Crippen LogP contribution in [-0.4, -0.2) is 23.5 Å². The summed E-state index contributed by atoms with van der Waals surface area (Å²) in [4.78, 5) is 0. The summed E-state index contributed by atoms with van der Waals surface area (Å²) in [5, 5.41) is 17.0. The molecule has 0 radical (unpaired) electrons. The molecule has 2 aromatic carbocycles. The molecule has 21 heavy (non-hydrogen) atoms. The number of para-hydroxylation sites is 1. The summed E-state index contributed by atoms with van der Waals surface area (Å²) in [6, 6.07) is 14.4. The van der Waals surface area contributed by atoms with Gasteiger partial charge in [0.2, 0.25) is 0 Å². The molecular weight excluding hydrogens is 286 g/mol. The van der Waals surface area contributed by atoms with Crippen molar-refractivity contribution < 1.29 is 9.84 Å². The number of aromatic hydroxyl groups is 1. The normalized spacial score (nSPS) is 10.3. The van der Waals surface area contributed by atoms with Crippen LogP contribution < -0.4 is 15.5 Å². The van der Waals surface area contributed by atoms with Gasteiger partial charge in [-0.05, 0) is 42.5 Å². The van der Waals surface area contributed by atoms with Gasteiger partial charge >= 0.3 is 0 Å². The van der Waals surface area contributed by atoms with Crippen molar-refractivity contribution in [1.29, 1.82) is 0 Å². The number of phenols is 1. The van der Waals surface area contributed by atoms with E-state index in [9.17, 15) is 5.11 Å². The number of hydrazone groups is 1. The Hall–Kier alpha value is -2.60. The Labute approximate surface area is 128 Å². The maximum atomic E-state index is 9.71. The molecule has 0 fully saturated rings. The predicted molar refractivity (Wildman–Crippen MR) is 88.1 cm³/mol. The summed E-state index contributed by atoms with van der Waals surface area (Å²) in [5.41, 5.74) is 4.08. The lowest BCUT2D eigenvalue weighted by atomic mass is 10.2. The van der Waals surface area contributed by atoms with E-state index in [0.717, 1.165) is 5.69 Å². The smallest absolute Gasteiger partial charge is 0.191 e. The van der Waals surface area contributed by atoms with E-state index in [1.54, 1.807) is 25.3 Å². The number of thiocarbonyl (C=S) groups is 1. The van der Waals surface area contributed by atoms with Crippen LogP contribution in [0.15, 0.2) is 53.6 Å². The number of ether oxygens (including phenoxy) is 1. The van der Waals surface area contributed by atoms with Gasteiger partial charge in [-0.3, -0.25) is 5.43 Å². The number of rotatable bonds is 4. The lowest BCUT2D eigenvalue weighted by Crippen LogP contribution is -2.23. The molecule has 108 valence electrons. The van der Waals surface area contributed by atoms with E-state index in [1.807, 2.05) is 30.3 Å². The Bertz CT molecular complexity index is 645. The van der Waals surface area contributed by atoms with Crippen molar-refractivity contribution in [2.45, 2.75) is 0 Å². The molecule has 0 aromatic heterocycles. The van der Waals surface area contributed by atoms with Gasteiger partial charge in [0.15, 0.2) is 5.11 Å². The summed E-state index contributed by atoms with van der Waals surface area (Å²) in [5.74, 6) is 0.752. The highest BCUT2D eigenvalue weighted by atomic mass is 32.1. The maximum Gasteiger partial charge on any atom is 0.191 e. The van der Waals surface area contributed by atoms with Gasteiger partial charge in [0.1, 0.15) is 11.5 Å². The van der Waals surface area contributed by atoms with E-state index in [-0.39, 0.29) is 5.75 Å². The van der Waals surface area contributed by atoms with Crippen molar-refractivity contribution in [2.75, 3.05) is 12.4 Å². The van der Waals surface area contributed by atoms with Gasteiger partial charge in [-0.1, -0.05) is 18.2 Å². The average Bonchev–Trinajstić information content (AvgIpc) is 2.50. The van der Waals surface area contributed by atoms with Crippen molar-refractivity contribution in [3.8, 4) is 11.5 Å². The first-order chi connectivity index (χ1) is 10.2. The monoisotopic (exact) mass is 301 g/mol. The van der Waals surface area contributed by atoms with Crippen LogP contribution in [0.25, 0.3) is 0 Å². The molecule has 0 aliphatic rings. The van der Waals surface area contributed by atoms with Crippen LogP contribution in [-0.2, 0) is 0 Å². The molecule has 0 amide bonds. The van der Waals surface area contributed by atoms with Crippen molar-refractivity contribution in [2.24, 2.45) is 5.10 Å². The first kappa shape index (κ1) is 14.8. The molecular formula is C15H15N3O2S. The van der Waals surface area contributed by atoms with E-state index in [4.69, 9.17) is 17.0 Å². The number of hydrogen-bond donors (Lipinski definition) is 3. The van der Waals surface area contributed by atoms with Gasteiger partial charge in [0.25, 0.3) is 0 Å². The summed E-state index contributed by atoms with van der Waals surface area (Å²) in [6.45, 7) is 0. The van der Waals surface area contributed by atoms with Crippen LogP contribution in [0.4, 0.5) is 5.69 Å². The molecule has 0 unspecified atom stereocenters. The minimum Gasteiger partial charge on any atom is -0.507 e. The van der Waals surface area contributed by atoms with Crippen LogP contribution >= 0.6 is 12.2 Å². The molecule has 2 rings (SSSR count). The molecule has 0 aliphatic heterocycles. The summed E-state index contributed by atoms with van der Waals surface area (Å²) < 4.78 is 5.08. The maximum absolute atomic E-state index is 9.71. The largest absolute Gasteiger partial charge is 0.507 e. The second-order valence-corrected chi connectivity index (χ2v) is 4.52. The minimum absolute atomic E-state index is 0.114. The first-order valence-electron chi connectivity index (χ1n) is 6.21. The third-order valence-electron chi connectivity index (χ3n) is 2.64.